The van der Waals surface area contributed by atoms with Crippen molar-refractivity contribution in [3.63, 3.8) is 0 Å². The first-order valence-corrected chi connectivity index (χ1v) is 6.79. The van der Waals surface area contributed by atoms with Crippen LogP contribution in [0.15, 0.2) is 24.3 Å². The predicted molar refractivity (Wildman–Crippen MR) is 79.8 cm³/mol. The molecular formula is C15H19NO7. The SMILES string of the molecule is CC(C)(OC(=O)Oc1ccc([N+](=O)[O-])cc1)OC(=O)C(C)(C)C. The van der Waals surface area contributed by atoms with Gasteiger partial charge in [-0.3, -0.25) is 14.9 Å². The molecule has 0 aliphatic heterocycles. The summed E-state index contributed by atoms with van der Waals surface area (Å²) in [6, 6.07) is 4.89. The zero-order valence-corrected chi connectivity index (χ0v) is 13.6. The maximum Gasteiger partial charge on any atom is 0.517 e. The second-order valence-corrected chi connectivity index (χ2v) is 6.24. The van der Waals surface area contributed by atoms with Crippen molar-refractivity contribution in [1.29, 1.82) is 0 Å². The van der Waals surface area contributed by atoms with E-state index in [1.165, 1.54) is 38.1 Å². The van der Waals surface area contributed by atoms with E-state index in [2.05, 4.69) is 0 Å². The molecule has 0 atom stereocenters. The molecule has 1 rings (SSSR count). The summed E-state index contributed by atoms with van der Waals surface area (Å²) in [5, 5.41) is 10.5. The topological polar surface area (TPSA) is 105 Å². The molecule has 0 aliphatic carbocycles. The average molecular weight is 325 g/mol. The number of hydrogen-bond donors (Lipinski definition) is 0. The third-order valence-electron chi connectivity index (χ3n) is 2.53. The second kappa shape index (κ2) is 6.64. The smallest absolute Gasteiger partial charge is 0.423 e. The van der Waals surface area contributed by atoms with Gasteiger partial charge in [-0.25, -0.2) is 4.79 Å². The molecule has 0 saturated heterocycles. The molecule has 0 bridgehead atoms. The first-order valence-electron chi connectivity index (χ1n) is 6.79. The zero-order chi connectivity index (χ0) is 17.8. The molecule has 1 aromatic rings. The highest BCUT2D eigenvalue weighted by molar-refractivity contribution is 5.76. The van der Waals surface area contributed by atoms with Crippen molar-refractivity contribution in [1.82, 2.24) is 0 Å². The van der Waals surface area contributed by atoms with Crippen molar-refractivity contribution in [2.24, 2.45) is 5.41 Å². The van der Waals surface area contributed by atoms with Crippen LogP contribution in [0.4, 0.5) is 10.5 Å². The molecule has 0 saturated carbocycles. The minimum absolute atomic E-state index is 0.0681. The number of non-ortho nitro benzene ring substituents is 1. The molecule has 0 heterocycles. The summed E-state index contributed by atoms with van der Waals surface area (Å²) in [5.74, 6) is -1.98. The monoisotopic (exact) mass is 325 g/mol. The van der Waals surface area contributed by atoms with Crippen molar-refractivity contribution >= 4 is 17.8 Å². The molecule has 8 heteroatoms. The number of nitro benzene ring substituents is 1. The summed E-state index contributed by atoms with van der Waals surface area (Å²) >= 11 is 0. The van der Waals surface area contributed by atoms with Gasteiger partial charge in [-0.05, 0) is 32.9 Å². The van der Waals surface area contributed by atoms with Crippen LogP contribution in [-0.2, 0) is 14.3 Å². The van der Waals surface area contributed by atoms with Gasteiger partial charge in [0.2, 0.25) is 0 Å². The summed E-state index contributed by atoms with van der Waals surface area (Å²) < 4.78 is 14.9. The number of hydrogen-bond acceptors (Lipinski definition) is 7. The number of nitro groups is 1. The molecule has 0 amide bonds. The fourth-order valence-electron chi connectivity index (χ4n) is 1.35. The van der Waals surface area contributed by atoms with Crippen LogP contribution >= 0.6 is 0 Å². The van der Waals surface area contributed by atoms with Crippen molar-refractivity contribution in [2.45, 2.75) is 40.4 Å². The highest BCUT2D eigenvalue weighted by atomic mass is 16.8. The zero-order valence-electron chi connectivity index (χ0n) is 13.6. The van der Waals surface area contributed by atoms with E-state index in [1.54, 1.807) is 20.8 Å². The molecule has 8 nitrogen and oxygen atoms in total. The van der Waals surface area contributed by atoms with Crippen LogP contribution < -0.4 is 4.74 Å². The number of rotatable bonds is 4. The van der Waals surface area contributed by atoms with Gasteiger partial charge in [0, 0.05) is 26.0 Å². The molecule has 0 radical (unpaired) electrons. The van der Waals surface area contributed by atoms with Gasteiger partial charge in [0.25, 0.3) is 11.5 Å². The molecule has 0 unspecified atom stereocenters. The Morgan fingerprint density at radius 2 is 1.52 bits per heavy atom. The third-order valence-corrected chi connectivity index (χ3v) is 2.53. The van der Waals surface area contributed by atoms with E-state index in [0.29, 0.717) is 0 Å². The standard InChI is InChI=1S/C15H19NO7/c1-14(2,3)12(17)22-15(4,5)23-13(18)21-11-8-6-10(7-9-11)16(19)20/h6-9H,1-5H3. The van der Waals surface area contributed by atoms with E-state index in [0.717, 1.165) is 0 Å². The first kappa shape index (κ1) is 18.4. The van der Waals surface area contributed by atoms with Crippen LogP contribution in [0.5, 0.6) is 5.75 Å². The van der Waals surface area contributed by atoms with Crippen molar-refractivity contribution in [3.05, 3.63) is 34.4 Å². The third kappa shape index (κ3) is 5.93. The largest absolute Gasteiger partial charge is 0.517 e. The summed E-state index contributed by atoms with van der Waals surface area (Å²) in [5.41, 5.74) is -0.881. The molecule has 0 aromatic heterocycles. The number of ether oxygens (including phenoxy) is 3. The number of carbonyl (C=O) groups excluding carboxylic acids is 2. The van der Waals surface area contributed by atoms with E-state index in [-0.39, 0.29) is 11.4 Å². The first-order chi connectivity index (χ1) is 10.4. The van der Waals surface area contributed by atoms with Gasteiger partial charge in [0.15, 0.2) is 0 Å². The Bertz CT molecular complexity index is 599. The van der Waals surface area contributed by atoms with Gasteiger partial charge in [0.05, 0.1) is 10.3 Å². The summed E-state index contributed by atoms with van der Waals surface area (Å²) in [7, 11) is 0. The van der Waals surface area contributed by atoms with Crippen LogP contribution in [0.3, 0.4) is 0 Å². The Balaban J connectivity index is 2.64. The molecular weight excluding hydrogens is 306 g/mol. The van der Waals surface area contributed by atoms with Gasteiger partial charge < -0.3 is 14.2 Å². The Morgan fingerprint density at radius 3 is 1.96 bits per heavy atom. The Kier molecular flexibility index (Phi) is 5.31. The van der Waals surface area contributed by atoms with Gasteiger partial charge in [0.1, 0.15) is 5.75 Å². The average Bonchev–Trinajstić information content (AvgIpc) is 2.36. The van der Waals surface area contributed by atoms with Crippen LogP contribution in [0.2, 0.25) is 0 Å². The minimum atomic E-state index is -1.51. The summed E-state index contributed by atoms with van der Waals surface area (Å²) in [4.78, 5) is 33.5. The van der Waals surface area contributed by atoms with Gasteiger partial charge >= 0.3 is 12.1 Å². The number of carbonyl (C=O) groups is 2. The van der Waals surface area contributed by atoms with E-state index >= 15 is 0 Å². The van der Waals surface area contributed by atoms with Gasteiger partial charge in [-0.1, -0.05) is 0 Å². The Hall–Kier alpha value is -2.64. The number of benzene rings is 1. The molecule has 0 N–H and O–H groups in total. The fraction of sp³-hybridized carbons (Fsp3) is 0.467. The van der Waals surface area contributed by atoms with Crippen LogP contribution in [0, 0.1) is 15.5 Å². The summed E-state index contributed by atoms with van der Waals surface area (Å²) in [6.07, 6.45) is -1.09. The Labute approximate surface area is 133 Å². The quantitative estimate of drug-likeness (QED) is 0.274. The lowest BCUT2D eigenvalue weighted by atomic mass is 9.97. The maximum atomic E-state index is 11.8. The van der Waals surface area contributed by atoms with E-state index in [1.807, 2.05) is 0 Å². The Morgan fingerprint density at radius 1 is 1.00 bits per heavy atom. The molecule has 0 aliphatic rings. The van der Waals surface area contributed by atoms with Gasteiger partial charge in [-0.15, -0.1) is 0 Å². The van der Waals surface area contributed by atoms with Crippen molar-refractivity contribution < 1.29 is 28.7 Å². The van der Waals surface area contributed by atoms with Crippen molar-refractivity contribution in [3.8, 4) is 5.75 Å². The second-order valence-electron chi connectivity index (χ2n) is 6.24. The molecule has 1 aromatic carbocycles. The highest BCUT2D eigenvalue weighted by Crippen LogP contribution is 2.23. The lowest BCUT2D eigenvalue weighted by molar-refractivity contribution is -0.384. The number of esters is 1. The van der Waals surface area contributed by atoms with Gasteiger partial charge in [-0.2, -0.15) is 0 Å². The van der Waals surface area contributed by atoms with Crippen LogP contribution in [0.25, 0.3) is 0 Å². The van der Waals surface area contributed by atoms with E-state index in [9.17, 15) is 19.7 Å². The summed E-state index contributed by atoms with van der Waals surface area (Å²) in [6.45, 7) is 7.79. The highest BCUT2D eigenvalue weighted by Gasteiger charge is 2.33. The fourth-order valence-corrected chi connectivity index (χ4v) is 1.35. The normalized spacial score (nSPS) is 11.5. The maximum absolute atomic E-state index is 11.8. The molecule has 0 fully saturated rings. The lowest BCUT2D eigenvalue weighted by Crippen LogP contribution is -2.38. The molecule has 0 spiro atoms. The molecule has 23 heavy (non-hydrogen) atoms. The lowest BCUT2D eigenvalue weighted by Gasteiger charge is -2.28. The van der Waals surface area contributed by atoms with Crippen LogP contribution in [0.1, 0.15) is 34.6 Å². The van der Waals surface area contributed by atoms with Crippen LogP contribution in [-0.4, -0.2) is 22.8 Å². The molecule has 126 valence electrons. The predicted octanol–water partition coefficient (Wildman–Crippen LogP) is 3.44. The minimum Gasteiger partial charge on any atom is -0.423 e. The number of nitrogens with zero attached hydrogens (tertiary/aromatic N) is 1. The van der Waals surface area contributed by atoms with Crippen molar-refractivity contribution in [2.75, 3.05) is 0 Å². The van der Waals surface area contributed by atoms with E-state index < -0.39 is 28.3 Å². The van der Waals surface area contributed by atoms with E-state index in [4.69, 9.17) is 14.2 Å².